The lowest BCUT2D eigenvalue weighted by Gasteiger charge is -2.25. The summed E-state index contributed by atoms with van der Waals surface area (Å²) in [6.07, 6.45) is 6.88. The Morgan fingerprint density at radius 2 is 1.60 bits per heavy atom. The van der Waals surface area contributed by atoms with Gasteiger partial charge in [-0.05, 0) is 24.0 Å². The molecule has 1 heterocycles. The molecule has 0 spiro atoms. The molecule has 1 aromatic heterocycles. The van der Waals surface area contributed by atoms with Crippen LogP contribution in [0.15, 0.2) is 65.8 Å². The van der Waals surface area contributed by atoms with E-state index in [2.05, 4.69) is 44.3 Å². The van der Waals surface area contributed by atoms with Gasteiger partial charge in [0.2, 0.25) is 5.91 Å². The van der Waals surface area contributed by atoms with Crippen LogP contribution in [0, 0.1) is 0 Å². The van der Waals surface area contributed by atoms with Crippen molar-refractivity contribution in [1.82, 2.24) is 20.1 Å². The van der Waals surface area contributed by atoms with Gasteiger partial charge in [-0.15, -0.1) is 10.2 Å². The van der Waals surface area contributed by atoms with Gasteiger partial charge in [0.05, 0.1) is 5.75 Å². The van der Waals surface area contributed by atoms with Crippen LogP contribution in [0.1, 0.15) is 55.1 Å². The number of carbonyl (C=O) groups is 1. The molecule has 0 saturated heterocycles. The third kappa shape index (κ3) is 5.51. The van der Waals surface area contributed by atoms with Crippen LogP contribution in [0.2, 0.25) is 0 Å². The van der Waals surface area contributed by atoms with Crippen LogP contribution < -0.4 is 5.32 Å². The fourth-order valence-electron chi connectivity index (χ4n) is 3.99. The van der Waals surface area contributed by atoms with Crippen LogP contribution in [0.25, 0.3) is 0 Å². The molecule has 0 atom stereocenters. The molecule has 0 bridgehead atoms. The largest absolute Gasteiger partial charge is 0.351 e. The van der Waals surface area contributed by atoms with Gasteiger partial charge in [-0.3, -0.25) is 4.79 Å². The highest BCUT2D eigenvalue weighted by Crippen LogP contribution is 2.33. The Morgan fingerprint density at radius 1 is 0.933 bits per heavy atom. The fourth-order valence-corrected chi connectivity index (χ4v) is 4.84. The van der Waals surface area contributed by atoms with E-state index in [4.69, 9.17) is 0 Å². The van der Waals surface area contributed by atoms with Crippen molar-refractivity contribution in [1.29, 1.82) is 0 Å². The summed E-state index contributed by atoms with van der Waals surface area (Å²) in [6.45, 7) is 0.550. The number of hydrogen-bond acceptors (Lipinski definition) is 4. The summed E-state index contributed by atoms with van der Waals surface area (Å²) >= 11 is 1.49. The topological polar surface area (TPSA) is 59.8 Å². The van der Waals surface area contributed by atoms with E-state index in [1.807, 2.05) is 36.4 Å². The summed E-state index contributed by atoms with van der Waals surface area (Å²) in [5.41, 5.74) is 2.34. The minimum atomic E-state index is 0.0201. The highest BCUT2D eigenvalue weighted by Gasteiger charge is 2.23. The van der Waals surface area contributed by atoms with E-state index in [-0.39, 0.29) is 5.91 Å². The van der Waals surface area contributed by atoms with Crippen LogP contribution in [-0.4, -0.2) is 26.4 Å². The van der Waals surface area contributed by atoms with Gasteiger partial charge in [0, 0.05) is 19.0 Å². The van der Waals surface area contributed by atoms with Gasteiger partial charge >= 0.3 is 0 Å². The molecule has 30 heavy (non-hydrogen) atoms. The van der Waals surface area contributed by atoms with Crippen molar-refractivity contribution in [3.05, 3.63) is 77.6 Å². The summed E-state index contributed by atoms with van der Waals surface area (Å²) in [5, 5.41) is 12.9. The molecule has 0 radical (unpaired) electrons. The fraction of sp³-hybridized carbons (Fsp3) is 0.375. The molecule has 156 valence electrons. The number of thioether (sulfide) groups is 1. The minimum Gasteiger partial charge on any atom is -0.351 e. The number of hydrogen-bond donors (Lipinski definition) is 1. The summed E-state index contributed by atoms with van der Waals surface area (Å²) in [7, 11) is 0. The molecular weight excluding hydrogens is 392 g/mol. The van der Waals surface area contributed by atoms with Gasteiger partial charge < -0.3 is 9.88 Å². The molecule has 0 unspecified atom stereocenters. The molecule has 1 aliphatic carbocycles. The van der Waals surface area contributed by atoms with Gasteiger partial charge in [0.1, 0.15) is 5.82 Å². The van der Waals surface area contributed by atoms with Crippen LogP contribution >= 0.6 is 11.8 Å². The highest BCUT2D eigenvalue weighted by molar-refractivity contribution is 7.99. The van der Waals surface area contributed by atoms with Crippen molar-refractivity contribution in [3.63, 3.8) is 0 Å². The third-order valence-corrected chi connectivity index (χ3v) is 6.49. The van der Waals surface area contributed by atoms with Gasteiger partial charge in [-0.25, -0.2) is 0 Å². The predicted octanol–water partition coefficient (Wildman–Crippen LogP) is 4.78. The number of nitrogens with one attached hydrogen (secondary N) is 1. The van der Waals surface area contributed by atoms with E-state index in [1.54, 1.807) is 0 Å². The van der Waals surface area contributed by atoms with Crippen LogP contribution in [0.4, 0.5) is 0 Å². The molecule has 1 amide bonds. The molecule has 1 aliphatic rings. The zero-order chi connectivity index (χ0) is 20.6. The van der Waals surface area contributed by atoms with Gasteiger partial charge in [0.25, 0.3) is 0 Å². The Labute approximate surface area is 182 Å². The molecule has 0 aliphatic heterocycles. The van der Waals surface area contributed by atoms with E-state index in [0.717, 1.165) is 35.8 Å². The summed E-state index contributed by atoms with van der Waals surface area (Å²) in [5.74, 6) is 1.37. The standard InChI is InChI=1S/C24H28N4OS/c29-23(25-17-20-12-6-2-7-13-20)18-30-24-27-26-22(16-19-10-4-1-5-11-19)28(24)21-14-8-3-9-15-21/h1-2,4-7,10-13,21H,3,8-9,14-18H2,(H,25,29). The molecule has 3 aromatic rings. The minimum absolute atomic E-state index is 0.0201. The van der Waals surface area contributed by atoms with E-state index >= 15 is 0 Å². The zero-order valence-electron chi connectivity index (χ0n) is 17.2. The lowest BCUT2D eigenvalue weighted by atomic mass is 9.95. The van der Waals surface area contributed by atoms with Gasteiger partial charge in [-0.1, -0.05) is 91.7 Å². The number of nitrogens with zero attached hydrogens (tertiary/aromatic N) is 3. The molecule has 1 N–H and O–H groups in total. The van der Waals surface area contributed by atoms with Crippen molar-refractivity contribution in [3.8, 4) is 0 Å². The Bertz CT molecular complexity index is 936. The van der Waals surface area contributed by atoms with Crippen molar-refractivity contribution >= 4 is 17.7 Å². The highest BCUT2D eigenvalue weighted by atomic mass is 32.2. The number of rotatable bonds is 8. The van der Waals surface area contributed by atoms with Crippen LogP contribution in [0.3, 0.4) is 0 Å². The molecule has 1 saturated carbocycles. The van der Waals surface area contributed by atoms with Gasteiger partial charge in [-0.2, -0.15) is 0 Å². The molecule has 1 fully saturated rings. The van der Waals surface area contributed by atoms with Gasteiger partial charge in [0.15, 0.2) is 5.16 Å². The van der Waals surface area contributed by atoms with E-state index < -0.39 is 0 Å². The molecular formula is C24H28N4OS. The maximum Gasteiger partial charge on any atom is 0.230 e. The Morgan fingerprint density at radius 3 is 2.30 bits per heavy atom. The van der Waals surface area contributed by atoms with E-state index in [0.29, 0.717) is 18.3 Å². The average molecular weight is 421 g/mol. The van der Waals surface area contributed by atoms with Crippen LogP contribution in [-0.2, 0) is 17.8 Å². The Kier molecular flexibility index (Phi) is 7.19. The number of benzene rings is 2. The zero-order valence-corrected chi connectivity index (χ0v) is 18.0. The number of carbonyl (C=O) groups excluding carboxylic acids is 1. The molecule has 4 rings (SSSR count). The SMILES string of the molecule is O=C(CSc1nnc(Cc2ccccc2)n1C1CCCCC1)NCc1ccccc1. The van der Waals surface area contributed by atoms with E-state index in [9.17, 15) is 4.79 Å². The lowest BCUT2D eigenvalue weighted by molar-refractivity contribution is -0.118. The summed E-state index contributed by atoms with van der Waals surface area (Å²) < 4.78 is 2.31. The van der Waals surface area contributed by atoms with Crippen LogP contribution in [0.5, 0.6) is 0 Å². The maximum atomic E-state index is 12.4. The van der Waals surface area contributed by atoms with E-state index in [1.165, 1.54) is 36.6 Å². The lowest BCUT2D eigenvalue weighted by Crippen LogP contribution is -2.25. The second-order valence-electron chi connectivity index (χ2n) is 7.77. The first-order chi connectivity index (χ1) is 14.8. The summed E-state index contributed by atoms with van der Waals surface area (Å²) in [6, 6.07) is 20.8. The molecule has 6 heteroatoms. The first kappa shape index (κ1) is 20.7. The predicted molar refractivity (Wildman–Crippen MR) is 120 cm³/mol. The van der Waals surface area contributed by atoms with Crippen molar-refractivity contribution in [2.45, 2.75) is 56.3 Å². The third-order valence-electron chi connectivity index (χ3n) is 5.54. The monoisotopic (exact) mass is 420 g/mol. The number of amides is 1. The van der Waals surface area contributed by atoms with Crippen molar-refractivity contribution in [2.75, 3.05) is 5.75 Å². The second-order valence-corrected chi connectivity index (χ2v) is 8.72. The summed E-state index contributed by atoms with van der Waals surface area (Å²) in [4.78, 5) is 12.4. The maximum absolute atomic E-state index is 12.4. The Hall–Kier alpha value is -2.60. The van der Waals surface area contributed by atoms with Crippen molar-refractivity contribution in [2.24, 2.45) is 0 Å². The normalized spacial score (nSPS) is 14.5. The smallest absolute Gasteiger partial charge is 0.230 e. The molecule has 5 nitrogen and oxygen atoms in total. The second kappa shape index (κ2) is 10.4. The first-order valence-corrected chi connectivity index (χ1v) is 11.7. The molecule has 2 aromatic carbocycles. The average Bonchev–Trinajstić information content (AvgIpc) is 3.20. The van der Waals surface area contributed by atoms with Crippen molar-refractivity contribution < 1.29 is 4.79 Å². The number of aromatic nitrogens is 3. The quantitative estimate of drug-likeness (QED) is 0.533. The first-order valence-electron chi connectivity index (χ1n) is 10.7. The Balaban J connectivity index is 1.43.